The van der Waals surface area contributed by atoms with E-state index in [1.807, 2.05) is 0 Å². The third kappa shape index (κ3) is 5.99. The number of nitrogen functional groups attached to an aromatic ring is 1. The minimum Gasteiger partial charge on any atom is -0.497 e. The number of aliphatic hydroxyl groups is 1. The van der Waals surface area contributed by atoms with E-state index in [0.29, 0.717) is 11.5 Å². The van der Waals surface area contributed by atoms with Gasteiger partial charge in [0, 0.05) is 11.8 Å². The molecule has 2 aromatic heterocycles. The largest absolute Gasteiger partial charge is 0.497 e. The number of H-pyrrole nitrogens is 1. The number of aromatic amines is 1. The summed E-state index contributed by atoms with van der Waals surface area (Å²) in [6.07, 6.45) is -9.22. The van der Waals surface area contributed by atoms with Crippen molar-refractivity contribution in [2.24, 2.45) is 0 Å². The van der Waals surface area contributed by atoms with E-state index >= 15 is 4.39 Å². The SMILES string of the molecule is COc1ccc(OP(=S)(OCC2(C(F)F)OC(n3cnc4c(=O)[nH]c(N)nc43)C(O)C2F)Oc2ccc(OC)cc2)cc1. The van der Waals surface area contributed by atoms with Crippen molar-refractivity contribution in [1.82, 2.24) is 19.5 Å². The second kappa shape index (κ2) is 12.0. The molecule has 1 aliphatic rings. The number of aliphatic hydroxyl groups excluding tert-OH is 1. The van der Waals surface area contributed by atoms with Crippen LogP contribution in [-0.4, -0.2) is 69.8 Å². The lowest BCUT2D eigenvalue weighted by molar-refractivity contribution is -0.182. The van der Waals surface area contributed by atoms with Crippen molar-refractivity contribution in [2.75, 3.05) is 26.6 Å². The molecule has 4 unspecified atom stereocenters. The Labute approximate surface area is 246 Å². The topological polar surface area (TPSA) is 165 Å². The predicted molar refractivity (Wildman–Crippen MR) is 150 cm³/mol. The first-order valence-corrected chi connectivity index (χ1v) is 15.0. The molecule has 3 heterocycles. The van der Waals surface area contributed by atoms with Gasteiger partial charge in [-0.05, 0) is 48.5 Å². The van der Waals surface area contributed by atoms with Crippen LogP contribution < -0.4 is 29.8 Å². The van der Waals surface area contributed by atoms with Crippen molar-refractivity contribution in [1.29, 1.82) is 0 Å². The van der Waals surface area contributed by atoms with Crippen LogP contribution in [0.2, 0.25) is 0 Å². The van der Waals surface area contributed by atoms with E-state index in [4.69, 9.17) is 45.3 Å². The van der Waals surface area contributed by atoms with Crippen LogP contribution in [0.5, 0.6) is 23.0 Å². The van der Waals surface area contributed by atoms with Gasteiger partial charge in [0.1, 0.15) is 29.1 Å². The van der Waals surface area contributed by atoms with Gasteiger partial charge in [0.25, 0.3) is 12.0 Å². The molecule has 5 rings (SSSR count). The molecule has 43 heavy (non-hydrogen) atoms. The average molecular weight is 644 g/mol. The standard InChI is InChI=1S/C25H25F3N5O8PS/c1-36-13-3-7-15(8-4-13)40-42(43,41-16-9-5-14(37-2)6-10-16)38-11-25(23(27)28)19(26)18(34)22(39-25)33-12-30-17-20(33)31-24(29)32-21(17)35/h3-10,12,18-19,22-23,34H,11H2,1-2H3,(H3,29,31,32,35). The molecule has 1 fully saturated rings. The highest BCUT2D eigenvalue weighted by Gasteiger charge is 2.63. The molecule has 13 nitrogen and oxygen atoms in total. The maximum atomic E-state index is 15.7. The number of alkyl halides is 3. The van der Waals surface area contributed by atoms with E-state index in [-0.39, 0.29) is 28.6 Å². The van der Waals surface area contributed by atoms with Crippen molar-refractivity contribution in [3.8, 4) is 23.0 Å². The van der Waals surface area contributed by atoms with Gasteiger partial charge < -0.3 is 34.1 Å². The summed E-state index contributed by atoms with van der Waals surface area (Å²) in [5.74, 6) is 0.964. The molecule has 0 saturated carbocycles. The quantitative estimate of drug-likeness (QED) is 0.205. The summed E-state index contributed by atoms with van der Waals surface area (Å²) in [6, 6.07) is 12.2. The Bertz CT molecular complexity index is 1640. The number of ether oxygens (including phenoxy) is 3. The number of fused-ring (bicyclic) bond motifs is 1. The Kier molecular flexibility index (Phi) is 8.54. The maximum Gasteiger partial charge on any atom is 0.435 e. The number of nitrogens with two attached hydrogens (primary N) is 1. The van der Waals surface area contributed by atoms with Crippen molar-refractivity contribution < 1.29 is 46.1 Å². The summed E-state index contributed by atoms with van der Waals surface area (Å²) in [6.45, 7) is -5.23. The number of rotatable bonds is 11. The molecule has 1 saturated heterocycles. The van der Waals surface area contributed by atoms with Crippen molar-refractivity contribution in [3.63, 3.8) is 0 Å². The highest BCUT2D eigenvalue weighted by molar-refractivity contribution is 8.07. The van der Waals surface area contributed by atoms with Crippen LogP contribution in [0.3, 0.4) is 0 Å². The van der Waals surface area contributed by atoms with Crippen molar-refractivity contribution >= 4 is 35.6 Å². The summed E-state index contributed by atoms with van der Waals surface area (Å²) in [7, 11) is 2.93. The predicted octanol–water partition coefficient (Wildman–Crippen LogP) is 3.35. The fourth-order valence-corrected chi connectivity index (χ4v) is 6.21. The van der Waals surface area contributed by atoms with Crippen LogP contribution in [0, 0.1) is 0 Å². The van der Waals surface area contributed by atoms with Crippen LogP contribution in [0.15, 0.2) is 59.7 Å². The normalized spacial score (nSPS) is 22.2. The number of nitrogens with zero attached hydrogens (tertiary/aromatic N) is 3. The molecule has 0 amide bonds. The molecule has 18 heteroatoms. The molecule has 0 spiro atoms. The lowest BCUT2D eigenvalue weighted by Crippen LogP contribution is -2.50. The number of methoxy groups -OCH3 is 2. The number of imidazole rings is 1. The van der Waals surface area contributed by atoms with Gasteiger partial charge in [-0.15, -0.1) is 0 Å². The van der Waals surface area contributed by atoms with Crippen LogP contribution in [0.25, 0.3) is 11.2 Å². The number of anilines is 1. The molecule has 1 aliphatic heterocycles. The zero-order valence-corrected chi connectivity index (χ0v) is 24.1. The third-order valence-corrected chi connectivity index (χ3v) is 8.57. The fraction of sp³-hybridized carbons (Fsp3) is 0.320. The van der Waals surface area contributed by atoms with Gasteiger partial charge >= 0.3 is 6.72 Å². The number of hydrogen-bond donors (Lipinski definition) is 3. The van der Waals surface area contributed by atoms with E-state index < -0.39 is 49.4 Å². The Morgan fingerprint density at radius 3 is 2.14 bits per heavy atom. The van der Waals surface area contributed by atoms with Gasteiger partial charge in [0.05, 0.1) is 27.2 Å². The van der Waals surface area contributed by atoms with E-state index in [0.717, 1.165) is 10.9 Å². The number of benzene rings is 2. The summed E-state index contributed by atoms with van der Waals surface area (Å²) < 4.78 is 79.0. The van der Waals surface area contributed by atoms with Gasteiger partial charge in [-0.3, -0.25) is 18.9 Å². The highest BCUT2D eigenvalue weighted by atomic mass is 32.5. The van der Waals surface area contributed by atoms with E-state index in [2.05, 4.69) is 15.0 Å². The maximum absolute atomic E-state index is 15.7. The van der Waals surface area contributed by atoms with Crippen LogP contribution in [0.4, 0.5) is 19.1 Å². The van der Waals surface area contributed by atoms with E-state index in [1.165, 1.54) is 38.5 Å². The highest BCUT2D eigenvalue weighted by Crippen LogP contribution is 2.53. The number of nitrogens with one attached hydrogen (secondary N) is 1. The third-order valence-electron chi connectivity index (χ3n) is 6.49. The second-order valence-corrected chi connectivity index (χ2v) is 12.0. The van der Waals surface area contributed by atoms with E-state index in [9.17, 15) is 18.7 Å². The second-order valence-electron chi connectivity index (χ2n) is 9.19. The minimum absolute atomic E-state index is 0.143. The van der Waals surface area contributed by atoms with Crippen LogP contribution >= 0.6 is 6.72 Å². The zero-order valence-electron chi connectivity index (χ0n) is 22.4. The van der Waals surface area contributed by atoms with Crippen LogP contribution in [0.1, 0.15) is 6.23 Å². The summed E-state index contributed by atoms with van der Waals surface area (Å²) in [4.78, 5) is 22.2. The molecular formula is C25H25F3N5O8PS. The number of hydrogen-bond acceptors (Lipinski definition) is 12. The molecule has 0 radical (unpaired) electrons. The van der Waals surface area contributed by atoms with Gasteiger partial charge in [-0.1, -0.05) is 0 Å². The van der Waals surface area contributed by atoms with E-state index in [1.54, 1.807) is 24.3 Å². The summed E-state index contributed by atoms with van der Waals surface area (Å²) in [5, 5.41) is 10.7. The smallest absolute Gasteiger partial charge is 0.435 e. The summed E-state index contributed by atoms with van der Waals surface area (Å²) >= 11 is 5.55. The van der Waals surface area contributed by atoms with Crippen molar-refractivity contribution in [3.05, 3.63) is 65.2 Å². The Balaban J connectivity index is 1.46. The van der Waals surface area contributed by atoms with Crippen LogP contribution in [-0.2, 0) is 21.1 Å². The van der Waals surface area contributed by atoms with Gasteiger partial charge in [0.15, 0.2) is 29.2 Å². The molecular weight excluding hydrogens is 618 g/mol. The number of halogens is 3. The Hall–Kier alpha value is -3.89. The molecule has 4 N–H and O–H groups in total. The van der Waals surface area contributed by atoms with Crippen molar-refractivity contribution in [2.45, 2.75) is 30.5 Å². The Morgan fingerprint density at radius 2 is 1.63 bits per heavy atom. The fourth-order valence-electron chi connectivity index (χ4n) is 4.27. The molecule has 4 aromatic rings. The molecule has 230 valence electrons. The summed E-state index contributed by atoms with van der Waals surface area (Å²) in [5.41, 5.74) is 1.35. The molecule has 2 aromatic carbocycles. The van der Waals surface area contributed by atoms with Gasteiger partial charge in [-0.25, -0.2) is 18.2 Å². The van der Waals surface area contributed by atoms with Gasteiger partial charge in [0.2, 0.25) is 5.95 Å². The van der Waals surface area contributed by atoms with Gasteiger partial charge in [-0.2, -0.15) is 4.98 Å². The number of aromatic nitrogens is 4. The first kappa shape index (κ1) is 30.6. The monoisotopic (exact) mass is 643 g/mol. The Morgan fingerprint density at radius 1 is 1.09 bits per heavy atom. The average Bonchev–Trinajstić information content (AvgIpc) is 3.52. The first-order chi connectivity index (χ1) is 20.5. The lowest BCUT2D eigenvalue weighted by Gasteiger charge is -2.32. The first-order valence-electron chi connectivity index (χ1n) is 12.4. The molecule has 0 bridgehead atoms. The molecule has 4 atom stereocenters. The zero-order chi connectivity index (χ0) is 30.9. The minimum atomic E-state index is -4.03. The molecule has 0 aliphatic carbocycles. The lowest BCUT2D eigenvalue weighted by atomic mass is 9.98.